The summed E-state index contributed by atoms with van der Waals surface area (Å²) in [5.74, 6) is -3.41. The molecular weight excluding hydrogens is 288 g/mol. The Morgan fingerprint density at radius 1 is 1.15 bits per heavy atom. The van der Waals surface area contributed by atoms with Gasteiger partial charge >= 0.3 is 5.76 Å². The molecule has 0 saturated heterocycles. The number of halogens is 2. The highest BCUT2D eigenvalue weighted by Crippen LogP contribution is 2.20. The summed E-state index contributed by atoms with van der Waals surface area (Å²) >= 11 is 0. The van der Waals surface area contributed by atoms with Crippen molar-refractivity contribution in [1.29, 1.82) is 0 Å². The monoisotopic (exact) mass is 299 g/mol. The fourth-order valence-corrected chi connectivity index (χ4v) is 2.20. The third kappa shape index (κ3) is 3.27. The van der Waals surface area contributed by atoms with Crippen LogP contribution in [-0.4, -0.2) is 24.1 Å². The van der Waals surface area contributed by atoms with Gasteiger partial charge in [0.15, 0.2) is 0 Å². The number of nitrogens with zero attached hydrogens (tertiary/aromatic N) is 2. The van der Waals surface area contributed by atoms with Gasteiger partial charge in [-0.25, -0.2) is 18.4 Å². The van der Waals surface area contributed by atoms with E-state index in [-0.39, 0.29) is 0 Å². The molecule has 0 unspecified atom stereocenters. The van der Waals surface area contributed by atoms with E-state index >= 15 is 0 Å². The smallest absolute Gasteiger partial charge is 0.341 e. The second-order valence-corrected chi connectivity index (χ2v) is 5.80. The Morgan fingerprint density at radius 2 is 1.85 bits per heavy atom. The van der Waals surface area contributed by atoms with Crippen molar-refractivity contribution in [2.24, 2.45) is 0 Å². The molecule has 2 rings (SSSR count). The molecule has 1 heterocycles. The van der Waals surface area contributed by atoms with Crippen LogP contribution in [-0.2, 0) is 16.4 Å². The minimum atomic E-state index is -4.54. The third-order valence-corrected chi connectivity index (χ3v) is 3.93. The second kappa shape index (κ2) is 5.91. The van der Waals surface area contributed by atoms with Crippen molar-refractivity contribution in [3.8, 4) is 0 Å². The second-order valence-electron chi connectivity index (χ2n) is 3.88. The zero-order valence-corrected chi connectivity index (χ0v) is 11.0. The highest BCUT2D eigenvalue weighted by molar-refractivity contribution is 7.91. The first-order valence-electron chi connectivity index (χ1n) is 5.61. The highest BCUT2D eigenvalue weighted by atomic mass is 32.2. The maximum atomic E-state index is 12.4. The van der Waals surface area contributed by atoms with Gasteiger partial charge in [0, 0.05) is 11.9 Å². The minimum Gasteiger partial charge on any atom is -0.379 e. The van der Waals surface area contributed by atoms with Crippen molar-refractivity contribution in [3.05, 3.63) is 48.5 Å². The van der Waals surface area contributed by atoms with Crippen LogP contribution in [0.5, 0.6) is 0 Å². The summed E-state index contributed by atoms with van der Waals surface area (Å²) in [5, 5.41) is 3.00. The SMILES string of the molecule is O=S(=O)(c1ccc(NCc2ccncn2)cc1)C(F)F. The molecule has 1 aromatic carbocycles. The van der Waals surface area contributed by atoms with Crippen LogP contribution in [0.4, 0.5) is 14.5 Å². The summed E-state index contributed by atoms with van der Waals surface area (Å²) in [7, 11) is -4.54. The molecule has 0 bridgehead atoms. The van der Waals surface area contributed by atoms with Gasteiger partial charge < -0.3 is 5.32 Å². The molecule has 0 atom stereocenters. The minimum absolute atomic E-state index is 0.403. The number of hydrogen-bond donors (Lipinski definition) is 1. The number of benzene rings is 1. The number of aromatic nitrogens is 2. The molecule has 1 aromatic heterocycles. The molecule has 0 aliphatic heterocycles. The summed E-state index contributed by atoms with van der Waals surface area (Å²) in [6.45, 7) is 0.420. The zero-order chi connectivity index (χ0) is 14.6. The highest BCUT2D eigenvalue weighted by Gasteiger charge is 2.26. The normalized spacial score (nSPS) is 11.6. The molecule has 2 aromatic rings. The van der Waals surface area contributed by atoms with Crippen LogP contribution in [0.2, 0.25) is 0 Å². The number of nitrogens with one attached hydrogen (secondary N) is 1. The molecule has 5 nitrogen and oxygen atoms in total. The third-order valence-electron chi connectivity index (χ3n) is 2.53. The van der Waals surface area contributed by atoms with Crippen LogP contribution in [0.15, 0.2) is 47.8 Å². The quantitative estimate of drug-likeness (QED) is 0.915. The number of alkyl halides is 2. The van der Waals surface area contributed by atoms with Gasteiger partial charge in [0.05, 0.1) is 17.1 Å². The molecule has 0 spiro atoms. The maximum Gasteiger partial charge on any atom is 0.341 e. The van der Waals surface area contributed by atoms with E-state index in [1.165, 1.54) is 18.5 Å². The Kier molecular flexibility index (Phi) is 4.23. The maximum absolute atomic E-state index is 12.4. The fraction of sp³-hybridized carbons (Fsp3) is 0.167. The van der Waals surface area contributed by atoms with Gasteiger partial charge in [0.1, 0.15) is 6.33 Å². The van der Waals surface area contributed by atoms with Gasteiger partial charge in [-0.15, -0.1) is 0 Å². The Labute approximate surface area is 114 Å². The van der Waals surface area contributed by atoms with Crippen molar-refractivity contribution >= 4 is 15.5 Å². The largest absolute Gasteiger partial charge is 0.379 e. The summed E-state index contributed by atoms with van der Waals surface area (Å²) < 4.78 is 47.2. The molecule has 0 aliphatic carbocycles. The van der Waals surface area contributed by atoms with E-state index in [0.717, 1.165) is 17.8 Å². The molecule has 8 heteroatoms. The van der Waals surface area contributed by atoms with Crippen molar-refractivity contribution in [2.75, 3.05) is 5.32 Å². The number of hydrogen-bond acceptors (Lipinski definition) is 5. The summed E-state index contributed by atoms with van der Waals surface area (Å²) in [5.41, 5.74) is 1.36. The van der Waals surface area contributed by atoms with E-state index in [1.54, 1.807) is 12.3 Å². The van der Waals surface area contributed by atoms with Crippen LogP contribution in [0.3, 0.4) is 0 Å². The van der Waals surface area contributed by atoms with E-state index in [9.17, 15) is 17.2 Å². The molecule has 0 fully saturated rings. The van der Waals surface area contributed by atoms with E-state index in [2.05, 4.69) is 15.3 Å². The Bertz CT molecular complexity index is 661. The molecule has 20 heavy (non-hydrogen) atoms. The van der Waals surface area contributed by atoms with Crippen molar-refractivity contribution in [1.82, 2.24) is 9.97 Å². The number of anilines is 1. The first-order valence-corrected chi connectivity index (χ1v) is 7.15. The molecule has 0 aliphatic rings. The summed E-state index contributed by atoms with van der Waals surface area (Å²) in [6, 6.07) is 6.86. The Morgan fingerprint density at radius 3 is 2.40 bits per heavy atom. The Hall–Kier alpha value is -2.09. The van der Waals surface area contributed by atoms with Crippen molar-refractivity contribution < 1.29 is 17.2 Å². The first-order chi connectivity index (χ1) is 9.50. The van der Waals surface area contributed by atoms with Gasteiger partial charge in [0.25, 0.3) is 0 Å². The summed E-state index contributed by atoms with van der Waals surface area (Å²) in [6.07, 6.45) is 3.01. The lowest BCUT2D eigenvalue weighted by atomic mass is 10.3. The predicted octanol–water partition coefficient (Wildman–Crippen LogP) is 2.08. The topological polar surface area (TPSA) is 72.0 Å². The molecular formula is C12H11F2N3O2S. The van der Waals surface area contributed by atoms with Crippen molar-refractivity contribution in [3.63, 3.8) is 0 Å². The molecule has 1 N–H and O–H groups in total. The lowest BCUT2D eigenvalue weighted by Crippen LogP contribution is -2.11. The van der Waals surface area contributed by atoms with E-state index < -0.39 is 20.5 Å². The predicted molar refractivity (Wildman–Crippen MR) is 69.0 cm³/mol. The van der Waals surface area contributed by atoms with Crippen LogP contribution in [0.25, 0.3) is 0 Å². The van der Waals surface area contributed by atoms with Crippen LogP contribution in [0, 0.1) is 0 Å². The van der Waals surface area contributed by atoms with E-state index in [0.29, 0.717) is 12.2 Å². The lowest BCUT2D eigenvalue weighted by molar-refractivity contribution is 0.234. The van der Waals surface area contributed by atoms with Gasteiger partial charge in [-0.1, -0.05) is 0 Å². The number of sulfone groups is 1. The van der Waals surface area contributed by atoms with Gasteiger partial charge in [-0.05, 0) is 30.3 Å². The average molecular weight is 299 g/mol. The standard InChI is InChI=1S/C12H11F2N3O2S/c13-12(14)20(18,19)11-3-1-9(2-4-11)16-7-10-5-6-15-8-17-10/h1-6,8,12,16H,7H2. The van der Waals surface area contributed by atoms with Gasteiger partial charge in [-0.3, -0.25) is 0 Å². The van der Waals surface area contributed by atoms with Gasteiger partial charge in [0.2, 0.25) is 9.84 Å². The molecule has 0 amide bonds. The molecule has 0 saturated carbocycles. The Balaban J connectivity index is 2.06. The van der Waals surface area contributed by atoms with Crippen LogP contribution < -0.4 is 5.32 Å². The van der Waals surface area contributed by atoms with Crippen LogP contribution >= 0.6 is 0 Å². The molecule has 106 valence electrons. The van der Waals surface area contributed by atoms with Crippen LogP contribution in [0.1, 0.15) is 5.69 Å². The lowest BCUT2D eigenvalue weighted by Gasteiger charge is -2.07. The number of rotatable bonds is 5. The van der Waals surface area contributed by atoms with Gasteiger partial charge in [-0.2, -0.15) is 8.78 Å². The summed E-state index contributed by atoms with van der Waals surface area (Å²) in [4.78, 5) is 7.38. The first kappa shape index (κ1) is 14.3. The van der Waals surface area contributed by atoms with E-state index in [1.807, 2.05) is 0 Å². The average Bonchev–Trinajstić information content (AvgIpc) is 2.46. The fourth-order valence-electron chi connectivity index (χ4n) is 1.48. The zero-order valence-electron chi connectivity index (χ0n) is 10.2. The molecule has 0 radical (unpaired) electrons. The van der Waals surface area contributed by atoms with Crippen molar-refractivity contribution in [2.45, 2.75) is 17.2 Å². The van der Waals surface area contributed by atoms with E-state index in [4.69, 9.17) is 0 Å².